The molecule has 2 aliphatic heterocycles. The van der Waals surface area contributed by atoms with Crippen molar-refractivity contribution in [2.24, 2.45) is 0 Å². The van der Waals surface area contributed by atoms with Crippen molar-refractivity contribution in [3.05, 3.63) is 53.1 Å². The number of fused-ring (bicyclic) bond motifs is 3. The lowest BCUT2D eigenvalue weighted by atomic mass is 10.1. The van der Waals surface area contributed by atoms with Gasteiger partial charge in [0, 0.05) is 5.56 Å². The van der Waals surface area contributed by atoms with Crippen LogP contribution in [-0.4, -0.2) is 11.3 Å². The van der Waals surface area contributed by atoms with E-state index >= 15 is 0 Å². The number of anilines is 2. The molecule has 2 aromatic carbocycles. The second-order valence-corrected chi connectivity index (χ2v) is 5.45. The van der Waals surface area contributed by atoms with Crippen LogP contribution in [0.15, 0.2) is 36.4 Å². The average molecular weight is 252 g/mol. The largest absolute Gasteiger partial charge is 0.508 e. The Morgan fingerprint density at radius 3 is 2.63 bits per heavy atom. The van der Waals surface area contributed by atoms with E-state index < -0.39 is 0 Å². The monoisotopic (exact) mass is 252 g/mol. The molecule has 3 nitrogen and oxygen atoms in total. The Labute approximate surface area is 112 Å². The zero-order valence-corrected chi connectivity index (χ0v) is 11.0. The van der Waals surface area contributed by atoms with Crippen molar-refractivity contribution in [3.8, 4) is 5.75 Å². The number of nitrogens with zero attached hydrogens (tertiary/aromatic N) is 1. The third kappa shape index (κ3) is 1.38. The first-order valence-corrected chi connectivity index (χ1v) is 6.61. The first-order valence-electron chi connectivity index (χ1n) is 6.61. The number of aryl methyl sites for hydroxylation is 2. The average Bonchev–Trinajstić information content (AvgIpc) is 2.97. The fourth-order valence-electron chi connectivity index (χ4n) is 3.03. The van der Waals surface area contributed by atoms with Gasteiger partial charge in [0.15, 0.2) is 0 Å². The lowest BCUT2D eigenvalue weighted by molar-refractivity contribution is 0.468. The van der Waals surface area contributed by atoms with Crippen molar-refractivity contribution in [3.63, 3.8) is 0 Å². The van der Waals surface area contributed by atoms with Gasteiger partial charge >= 0.3 is 0 Å². The highest BCUT2D eigenvalue weighted by Crippen LogP contribution is 2.56. The third-order valence-corrected chi connectivity index (χ3v) is 4.26. The van der Waals surface area contributed by atoms with Crippen molar-refractivity contribution in [2.75, 3.05) is 10.2 Å². The zero-order chi connectivity index (χ0) is 13.1. The molecule has 2 unspecified atom stereocenters. The molecule has 4 rings (SSSR count). The van der Waals surface area contributed by atoms with Gasteiger partial charge in [0.25, 0.3) is 0 Å². The zero-order valence-electron chi connectivity index (χ0n) is 11.0. The van der Waals surface area contributed by atoms with E-state index in [-0.39, 0.29) is 6.04 Å². The molecule has 1 fully saturated rings. The van der Waals surface area contributed by atoms with Gasteiger partial charge < -0.3 is 15.3 Å². The van der Waals surface area contributed by atoms with E-state index in [1.54, 1.807) is 6.07 Å². The highest BCUT2D eigenvalue weighted by atomic mass is 16.3. The first kappa shape index (κ1) is 10.7. The van der Waals surface area contributed by atoms with E-state index in [9.17, 15) is 5.11 Å². The normalized spacial score (nSPS) is 22.7. The molecular formula is C16H16N2O. The van der Waals surface area contributed by atoms with Crippen molar-refractivity contribution < 1.29 is 5.11 Å². The summed E-state index contributed by atoms with van der Waals surface area (Å²) < 4.78 is 0. The minimum Gasteiger partial charge on any atom is -0.508 e. The van der Waals surface area contributed by atoms with Crippen molar-refractivity contribution in [2.45, 2.75) is 26.1 Å². The summed E-state index contributed by atoms with van der Waals surface area (Å²) in [6.45, 7) is 4.28. The van der Waals surface area contributed by atoms with E-state index in [2.05, 4.69) is 36.2 Å². The van der Waals surface area contributed by atoms with Crippen molar-refractivity contribution in [1.29, 1.82) is 0 Å². The molecule has 0 spiro atoms. The quantitative estimate of drug-likeness (QED) is 0.764. The van der Waals surface area contributed by atoms with Gasteiger partial charge in [-0.1, -0.05) is 18.2 Å². The van der Waals surface area contributed by atoms with Crippen LogP contribution < -0.4 is 10.2 Å². The number of hydrogen-bond acceptors (Lipinski definition) is 3. The number of rotatable bonds is 1. The van der Waals surface area contributed by atoms with Crippen LogP contribution in [0.3, 0.4) is 0 Å². The molecule has 2 atom stereocenters. The van der Waals surface area contributed by atoms with Crippen LogP contribution in [0.4, 0.5) is 11.4 Å². The summed E-state index contributed by atoms with van der Waals surface area (Å²) in [5, 5.41) is 13.5. The van der Waals surface area contributed by atoms with E-state index in [1.165, 1.54) is 22.5 Å². The van der Waals surface area contributed by atoms with Crippen molar-refractivity contribution >= 4 is 11.4 Å². The summed E-state index contributed by atoms with van der Waals surface area (Å²) in [4.78, 5) is 2.33. The second-order valence-electron chi connectivity index (χ2n) is 5.45. The Morgan fingerprint density at radius 1 is 1.11 bits per heavy atom. The highest BCUT2D eigenvalue weighted by molar-refractivity contribution is 5.84. The smallest absolute Gasteiger partial charge is 0.125 e. The summed E-state index contributed by atoms with van der Waals surface area (Å²) in [6.07, 6.45) is 0.296. The molecule has 0 amide bonds. The van der Waals surface area contributed by atoms with Gasteiger partial charge in [0.2, 0.25) is 0 Å². The van der Waals surface area contributed by atoms with Crippen molar-refractivity contribution in [1.82, 2.24) is 0 Å². The molecule has 96 valence electrons. The van der Waals surface area contributed by atoms with Crippen LogP contribution >= 0.6 is 0 Å². The summed E-state index contributed by atoms with van der Waals surface area (Å²) in [7, 11) is 0. The predicted molar refractivity (Wildman–Crippen MR) is 76.7 cm³/mol. The molecule has 0 bridgehead atoms. The van der Waals surface area contributed by atoms with E-state index in [0.29, 0.717) is 11.9 Å². The molecule has 2 aromatic rings. The van der Waals surface area contributed by atoms with Gasteiger partial charge in [0.1, 0.15) is 11.9 Å². The standard InChI is InChI=1S/C16H16N2O/c1-9-7-12-13(8-10(9)2)18-15(16(18)17-12)11-5-3-4-6-14(11)19/h3-8,15-17,19H,1-2H3. The number of nitrogens with one attached hydrogen (secondary N) is 1. The second kappa shape index (κ2) is 3.44. The SMILES string of the molecule is Cc1cc2c(cc1C)N1C(N2)C1c1ccccc1O. The Balaban J connectivity index is 1.74. The van der Waals surface area contributed by atoms with Crippen LogP contribution in [0.2, 0.25) is 0 Å². The Hall–Kier alpha value is -2.16. The van der Waals surface area contributed by atoms with E-state index in [0.717, 1.165) is 5.56 Å². The molecule has 2 heterocycles. The van der Waals surface area contributed by atoms with Crippen LogP contribution in [0.25, 0.3) is 0 Å². The van der Waals surface area contributed by atoms with Crippen LogP contribution in [0.5, 0.6) is 5.75 Å². The molecule has 2 N–H and O–H groups in total. The number of benzene rings is 2. The predicted octanol–water partition coefficient (Wildman–Crippen LogP) is 3.32. The molecular weight excluding hydrogens is 236 g/mol. The minimum atomic E-state index is 0.260. The Bertz CT molecular complexity index is 680. The van der Waals surface area contributed by atoms with Crippen LogP contribution in [0.1, 0.15) is 22.7 Å². The fourth-order valence-corrected chi connectivity index (χ4v) is 3.03. The van der Waals surface area contributed by atoms with Gasteiger partial charge in [-0.25, -0.2) is 0 Å². The molecule has 0 radical (unpaired) electrons. The van der Waals surface area contributed by atoms with E-state index in [1.807, 2.05) is 18.2 Å². The maximum absolute atomic E-state index is 9.97. The lowest BCUT2D eigenvalue weighted by Gasteiger charge is -2.12. The van der Waals surface area contributed by atoms with E-state index in [4.69, 9.17) is 0 Å². The van der Waals surface area contributed by atoms with Gasteiger partial charge in [-0.05, 0) is 43.2 Å². The molecule has 0 aromatic heterocycles. The minimum absolute atomic E-state index is 0.260. The highest BCUT2D eigenvalue weighted by Gasteiger charge is 2.54. The third-order valence-electron chi connectivity index (χ3n) is 4.26. The number of phenols is 1. The van der Waals surface area contributed by atoms with Gasteiger partial charge in [-0.2, -0.15) is 0 Å². The Morgan fingerprint density at radius 2 is 1.84 bits per heavy atom. The summed E-state index contributed by atoms with van der Waals surface area (Å²) in [5.74, 6) is 0.383. The lowest BCUT2D eigenvalue weighted by Crippen LogP contribution is -2.02. The summed E-state index contributed by atoms with van der Waals surface area (Å²) in [5.41, 5.74) is 6.09. The summed E-state index contributed by atoms with van der Waals surface area (Å²) >= 11 is 0. The molecule has 3 heteroatoms. The number of phenolic OH excluding ortho intramolecular Hbond substituents is 1. The molecule has 19 heavy (non-hydrogen) atoms. The van der Waals surface area contributed by atoms with Gasteiger partial charge in [-0.15, -0.1) is 0 Å². The fraction of sp³-hybridized carbons (Fsp3) is 0.250. The number of para-hydroxylation sites is 1. The number of aromatic hydroxyl groups is 1. The van der Waals surface area contributed by atoms with Crippen LogP contribution in [0, 0.1) is 13.8 Å². The van der Waals surface area contributed by atoms with Gasteiger partial charge in [0.05, 0.1) is 17.4 Å². The molecule has 1 saturated heterocycles. The number of hydrogen-bond donors (Lipinski definition) is 2. The molecule has 0 saturated carbocycles. The molecule has 2 aliphatic rings. The first-order chi connectivity index (χ1) is 9.16. The maximum Gasteiger partial charge on any atom is 0.125 e. The molecule has 0 aliphatic carbocycles. The maximum atomic E-state index is 9.97. The Kier molecular flexibility index (Phi) is 1.94. The van der Waals surface area contributed by atoms with Gasteiger partial charge in [-0.3, -0.25) is 0 Å². The summed E-state index contributed by atoms with van der Waals surface area (Å²) in [6, 6.07) is 12.3. The van der Waals surface area contributed by atoms with Crippen LogP contribution in [-0.2, 0) is 0 Å². The topological polar surface area (TPSA) is 35.3 Å².